The average molecular weight is 259 g/mol. The minimum absolute atomic E-state index is 0.357. The van der Waals surface area contributed by atoms with Crippen LogP contribution in [-0.2, 0) is 15.7 Å². The van der Waals surface area contributed by atoms with E-state index in [1.807, 2.05) is 0 Å². The van der Waals surface area contributed by atoms with Gasteiger partial charge in [-0.3, -0.25) is 4.79 Å². The summed E-state index contributed by atoms with van der Waals surface area (Å²) in [5.74, 6) is -0.538. The molecule has 2 atom stereocenters. The first kappa shape index (κ1) is 12.9. The average Bonchev–Trinajstić information content (AvgIpc) is 2.77. The molecule has 1 amide bonds. The molecule has 2 N–H and O–H groups in total. The normalized spacial score (nSPS) is 24.2. The largest absolute Gasteiger partial charge is 0.416 e. The molecular weight excluding hydrogens is 247 g/mol. The molecule has 0 spiro atoms. The highest BCUT2D eigenvalue weighted by atomic mass is 19.4. The summed E-state index contributed by atoms with van der Waals surface area (Å²) in [7, 11) is 0. The second-order valence-electron chi connectivity index (χ2n) is 4.21. The molecule has 0 radical (unpaired) electrons. The summed E-state index contributed by atoms with van der Waals surface area (Å²) in [6, 6.07) is 4.76. The number of alkyl halides is 3. The van der Waals surface area contributed by atoms with Crippen molar-refractivity contribution in [2.24, 2.45) is 5.73 Å². The van der Waals surface area contributed by atoms with Crippen molar-refractivity contribution in [1.29, 1.82) is 0 Å². The van der Waals surface area contributed by atoms with Gasteiger partial charge in [0.15, 0.2) is 0 Å². The second kappa shape index (κ2) is 4.61. The van der Waals surface area contributed by atoms with E-state index in [1.165, 1.54) is 12.1 Å². The fourth-order valence-corrected chi connectivity index (χ4v) is 1.98. The number of nitrogens with two attached hydrogens (primary N) is 1. The lowest BCUT2D eigenvalue weighted by molar-refractivity contribution is -0.137. The third kappa shape index (κ3) is 2.64. The summed E-state index contributed by atoms with van der Waals surface area (Å²) in [4.78, 5) is 10.9. The van der Waals surface area contributed by atoms with Crippen LogP contribution in [0.1, 0.15) is 30.1 Å². The lowest BCUT2D eigenvalue weighted by atomic mass is 10.0. The second-order valence-corrected chi connectivity index (χ2v) is 4.21. The molecule has 1 fully saturated rings. The van der Waals surface area contributed by atoms with Gasteiger partial charge in [-0.25, -0.2) is 0 Å². The number of carbonyl (C=O) groups is 1. The highest BCUT2D eigenvalue weighted by Crippen LogP contribution is 2.35. The number of hydrogen-bond acceptors (Lipinski definition) is 2. The smallest absolute Gasteiger partial charge is 0.367 e. The van der Waals surface area contributed by atoms with Crippen LogP contribution < -0.4 is 5.73 Å². The van der Waals surface area contributed by atoms with E-state index in [0.29, 0.717) is 18.4 Å². The van der Waals surface area contributed by atoms with E-state index >= 15 is 0 Å². The van der Waals surface area contributed by atoms with E-state index in [1.54, 1.807) is 0 Å². The number of rotatable bonds is 2. The minimum Gasteiger partial charge on any atom is -0.367 e. The maximum atomic E-state index is 12.4. The summed E-state index contributed by atoms with van der Waals surface area (Å²) in [6.07, 6.45) is -4.26. The molecule has 6 heteroatoms. The van der Waals surface area contributed by atoms with E-state index in [0.717, 1.165) is 12.1 Å². The standard InChI is InChI=1S/C12H12F3NO2/c13-12(14,15)8-3-1-7(2-4-8)9-5-6-10(18-9)11(16)17/h1-4,9-10H,5-6H2,(H2,16,17)/t9-,10+/m1/s1. The van der Waals surface area contributed by atoms with Crippen LogP contribution in [0, 0.1) is 0 Å². The Kier molecular flexibility index (Phi) is 3.30. The van der Waals surface area contributed by atoms with Crippen molar-refractivity contribution in [1.82, 2.24) is 0 Å². The molecule has 1 aromatic carbocycles. The Morgan fingerprint density at radius 1 is 1.22 bits per heavy atom. The summed E-state index contributed by atoms with van der Waals surface area (Å²) in [5, 5.41) is 0. The number of amides is 1. The molecular formula is C12H12F3NO2. The number of primary amides is 1. The monoisotopic (exact) mass is 259 g/mol. The molecule has 1 heterocycles. The predicted octanol–water partition coefficient (Wildman–Crippen LogP) is 2.41. The molecule has 1 aromatic rings. The summed E-state index contributed by atoms with van der Waals surface area (Å²) < 4.78 is 42.5. The number of ether oxygens (including phenoxy) is 1. The van der Waals surface area contributed by atoms with Crippen molar-refractivity contribution in [2.45, 2.75) is 31.2 Å². The zero-order chi connectivity index (χ0) is 13.3. The van der Waals surface area contributed by atoms with Gasteiger partial charge in [-0.15, -0.1) is 0 Å². The SMILES string of the molecule is NC(=O)[C@@H]1CC[C@H](c2ccc(C(F)(F)F)cc2)O1. The Balaban J connectivity index is 2.10. The fraction of sp³-hybridized carbons (Fsp3) is 0.417. The lowest BCUT2D eigenvalue weighted by Crippen LogP contribution is -2.27. The lowest BCUT2D eigenvalue weighted by Gasteiger charge is -2.13. The van der Waals surface area contributed by atoms with Crippen molar-refractivity contribution in [2.75, 3.05) is 0 Å². The maximum Gasteiger partial charge on any atom is 0.416 e. The molecule has 3 nitrogen and oxygen atoms in total. The van der Waals surface area contributed by atoms with E-state index in [2.05, 4.69) is 0 Å². The minimum atomic E-state index is -4.34. The molecule has 1 aliphatic heterocycles. The Morgan fingerprint density at radius 2 is 1.83 bits per heavy atom. The zero-order valence-electron chi connectivity index (χ0n) is 9.41. The highest BCUT2D eigenvalue weighted by Gasteiger charge is 2.32. The predicted molar refractivity (Wildman–Crippen MR) is 57.5 cm³/mol. The molecule has 2 rings (SSSR count). The van der Waals surface area contributed by atoms with E-state index in [4.69, 9.17) is 10.5 Å². The molecule has 1 aliphatic rings. The molecule has 0 saturated carbocycles. The van der Waals surface area contributed by atoms with Crippen molar-refractivity contribution < 1.29 is 22.7 Å². The Bertz CT molecular complexity index is 442. The van der Waals surface area contributed by atoms with Gasteiger partial charge in [0.05, 0.1) is 11.7 Å². The van der Waals surface area contributed by atoms with E-state index in [-0.39, 0.29) is 6.10 Å². The van der Waals surface area contributed by atoms with Crippen LogP contribution in [0.2, 0.25) is 0 Å². The van der Waals surface area contributed by atoms with Crippen molar-refractivity contribution >= 4 is 5.91 Å². The molecule has 0 aliphatic carbocycles. The number of hydrogen-bond donors (Lipinski definition) is 1. The Labute approximate surface area is 102 Å². The van der Waals surface area contributed by atoms with Crippen molar-refractivity contribution in [3.63, 3.8) is 0 Å². The molecule has 0 aromatic heterocycles. The van der Waals surface area contributed by atoms with Crippen LogP contribution in [-0.4, -0.2) is 12.0 Å². The summed E-state index contributed by atoms with van der Waals surface area (Å²) in [6.45, 7) is 0. The maximum absolute atomic E-state index is 12.4. The van der Waals surface area contributed by atoms with Gasteiger partial charge in [-0.1, -0.05) is 12.1 Å². The fourth-order valence-electron chi connectivity index (χ4n) is 1.98. The van der Waals surface area contributed by atoms with Crippen LogP contribution >= 0.6 is 0 Å². The van der Waals surface area contributed by atoms with Gasteiger partial charge in [-0.05, 0) is 30.5 Å². The Hall–Kier alpha value is -1.56. The van der Waals surface area contributed by atoms with Gasteiger partial charge < -0.3 is 10.5 Å². The number of carbonyl (C=O) groups excluding carboxylic acids is 1. The van der Waals surface area contributed by atoms with Crippen LogP contribution in [0.3, 0.4) is 0 Å². The quantitative estimate of drug-likeness (QED) is 0.886. The van der Waals surface area contributed by atoms with Gasteiger partial charge in [0.25, 0.3) is 0 Å². The van der Waals surface area contributed by atoms with Crippen molar-refractivity contribution in [3.05, 3.63) is 35.4 Å². The summed E-state index contributed by atoms with van der Waals surface area (Å²) in [5.41, 5.74) is 5.04. The Morgan fingerprint density at radius 3 is 2.28 bits per heavy atom. The van der Waals surface area contributed by atoms with Crippen molar-refractivity contribution in [3.8, 4) is 0 Å². The van der Waals surface area contributed by atoms with Crippen LogP contribution in [0.25, 0.3) is 0 Å². The first-order chi connectivity index (χ1) is 8.38. The third-order valence-corrected chi connectivity index (χ3v) is 2.95. The van der Waals surface area contributed by atoms with Gasteiger partial charge in [0.1, 0.15) is 6.10 Å². The highest BCUT2D eigenvalue weighted by molar-refractivity contribution is 5.79. The molecule has 98 valence electrons. The topological polar surface area (TPSA) is 52.3 Å². The molecule has 18 heavy (non-hydrogen) atoms. The molecule has 0 unspecified atom stereocenters. The van der Waals surface area contributed by atoms with Gasteiger partial charge in [0, 0.05) is 0 Å². The third-order valence-electron chi connectivity index (χ3n) is 2.95. The van der Waals surface area contributed by atoms with E-state index in [9.17, 15) is 18.0 Å². The van der Waals surface area contributed by atoms with Gasteiger partial charge >= 0.3 is 6.18 Å². The number of benzene rings is 1. The van der Waals surface area contributed by atoms with E-state index < -0.39 is 23.8 Å². The van der Waals surface area contributed by atoms with Crippen LogP contribution in [0.15, 0.2) is 24.3 Å². The van der Waals surface area contributed by atoms with Crippen LogP contribution in [0.5, 0.6) is 0 Å². The zero-order valence-corrected chi connectivity index (χ0v) is 9.41. The summed E-state index contributed by atoms with van der Waals surface area (Å²) >= 11 is 0. The first-order valence-electron chi connectivity index (χ1n) is 5.50. The number of halogens is 3. The first-order valence-corrected chi connectivity index (χ1v) is 5.50. The molecule has 0 bridgehead atoms. The van der Waals surface area contributed by atoms with Crippen LogP contribution in [0.4, 0.5) is 13.2 Å². The molecule has 1 saturated heterocycles. The van der Waals surface area contributed by atoms with Gasteiger partial charge in [-0.2, -0.15) is 13.2 Å². The van der Waals surface area contributed by atoms with Gasteiger partial charge in [0.2, 0.25) is 5.91 Å².